The number of H-pyrrole nitrogens is 1. The molecule has 0 aliphatic heterocycles. The van der Waals surface area contributed by atoms with E-state index in [0.29, 0.717) is 5.02 Å². The van der Waals surface area contributed by atoms with Gasteiger partial charge in [-0.25, -0.2) is 0 Å². The highest BCUT2D eigenvalue weighted by molar-refractivity contribution is 6.31. The van der Waals surface area contributed by atoms with Crippen LogP contribution in [0.4, 0.5) is 0 Å². The molecule has 1 N–H and O–H groups in total. The molecule has 0 unspecified atom stereocenters. The van der Waals surface area contributed by atoms with Crippen molar-refractivity contribution in [1.82, 2.24) is 10.2 Å². The highest BCUT2D eigenvalue weighted by atomic mass is 35.5. The number of hydrogen-bond acceptors (Lipinski definition) is 2. The number of hydrogen-bond donors (Lipinski definition) is 1. The highest BCUT2D eigenvalue weighted by Gasteiger charge is 2.15. The van der Waals surface area contributed by atoms with Gasteiger partial charge >= 0.3 is 0 Å². The van der Waals surface area contributed by atoms with Crippen LogP contribution >= 0.6 is 11.6 Å². The third kappa shape index (κ3) is 3.03. The zero-order valence-corrected chi connectivity index (χ0v) is 12.6. The van der Waals surface area contributed by atoms with Crippen molar-refractivity contribution in [2.24, 2.45) is 0 Å². The van der Waals surface area contributed by atoms with Crippen LogP contribution < -0.4 is 4.74 Å². The van der Waals surface area contributed by atoms with Gasteiger partial charge < -0.3 is 4.74 Å². The molecule has 1 atom stereocenters. The summed E-state index contributed by atoms with van der Waals surface area (Å²) in [5.74, 6) is 0.723. The molecule has 4 heteroatoms. The van der Waals surface area contributed by atoms with E-state index in [4.69, 9.17) is 16.3 Å². The van der Waals surface area contributed by atoms with Gasteiger partial charge in [-0.15, -0.1) is 0 Å². The van der Waals surface area contributed by atoms with Crippen LogP contribution in [-0.2, 0) is 0 Å². The topological polar surface area (TPSA) is 37.9 Å². The summed E-state index contributed by atoms with van der Waals surface area (Å²) in [4.78, 5) is 0. The average Bonchev–Trinajstić information content (AvgIpc) is 2.96. The molecule has 0 saturated heterocycles. The molecule has 0 radical (unpaired) electrons. The molecule has 21 heavy (non-hydrogen) atoms. The van der Waals surface area contributed by atoms with E-state index in [2.05, 4.69) is 29.3 Å². The van der Waals surface area contributed by atoms with Gasteiger partial charge in [0.05, 0.1) is 0 Å². The molecule has 0 bridgehead atoms. The van der Waals surface area contributed by atoms with Gasteiger partial charge in [-0.1, -0.05) is 55.3 Å². The van der Waals surface area contributed by atoms with Crippen LogP contribution in [0.2, 0.25) is 5.02 Å². The van der Waals surface area contributed by atoms with Gasteiger partial charge in [-0.05, 0) is 18.1 Å². The lowest BCUT2D eigenvalue weighted by Gasteiger charge is -2.19. The minimum atomic E-state index is 0.00886. The van der Waals surface area contributed by atoms with Gasteiger partial charge in [0.15, 0.2) is 0 Å². The minimum absolute atomic E-state index is 0.00886. The summed E-state index contributed by atoms with van der Waals surface area (Å²) in [6.07, 6.45) is 3.83. The Labute approximate surface area is 128 Å². The van der Waals surface area contributed by atoms with Gasteiger partial charge in [0.25, 0.3) is 0 Å². The highest BCUT2D eigenvalue weighted by Crippen LogP contribution is 2.33. The van der Waals surface area contributed by atoms with Crippen molar-refractivity contribution in [3.63, 3.8) is 0 Å². The van der Waals surface area contributed by atoms with Gasteiger partial charge in [0.1, 0.15) is 17.4 Å². The summed E-state index contributed by atoms with van der Waals surface area (Å²) in [7, 11) is 0. The summed E-state index contributed by atoms with van der Waals surface area (Å²) in [5, 5.41) is 8.73. The summed E-state index contributed by atoms with van der Waals surface area (Å²) in [6.45, 7) is 2.15. The van der Waals surface area contributed by atoms with E-state index in [1.54, 1.807) is 0 Å². The molecule has 1 aromatic heterocycles. The Hall–Kier alpha value is -2.00. The van der Waals surface area contributed by atoms with E-state index in [1.807, 2.05) is 36.5 Å². The van der Waals surface area contributed by atoms with Crippen molar-refractivity contribution in [1.29, 1.82) is 0 Å². The monoisotopic (exact) mass is 300 g/mol. The van der Waals surface area contributed by atoms with Crippen molar-refractivity contribution < 1.29 is 4.74 Å². The zero-order chi connectivity index (χ0) is 14.7. The molecule has 0 aliphatic rings. The fraction of sp³-hybridized carbons (Fsp3) is 0.235. The summed E-state index contributed by atoms with van der Waals surface area (Å²) >= 11 is 6.17. The number of nitrogens with zero attached hydrogens (tertiary/aromatic N) is 1. The van der Waals surface area contributed by atoms with Crippen LogP contribution in [0.3, 0.4) is 0 Å². The van der Waals surface area contributed by atoms with Crippen molar-refractivity contribution in [2.75, 3.05) is 0 Å². The third-order valence-electron chi connectivity index (χ3n) is 3.46. The number of halogens is 1. The molecule has 3 nitrogen and oxygen atoms in total. The molecule has 1 heterocycles. The van der Waals surface area contributed by atoms with Crippen molar-refractivity contribution in [2.45, 2.75) is 25.9 Å². The molecule has 0 aliphatic carbocycles. The van der Waals surface area contributed by atoms with E-state index < -0.39 is 0 Å². The standard InChI is InChI=1S/C17H17ClN2O/c1-2-6-15(12-7-4-3-5-8-12)21-16-10-14(18)9-13-11-19-20-17(13)16/h3-5,7-11,15H,2,6H2,1H3,(H,19,20)/t15-/m1/s1. The Morgan fingerprint density at radius 2 is 2.05 bits per heavy atom. The number of ether oxygens (including phenoxy) is 1. The lowest BCUT2D eigenvalue weighted by Crippen LogP contribution is -2.07. The van der Waals surface area contributed by atoms with Crippen LogP contribution in [-0.4, -0.2) is 10.2 Å². The third-order valence-corrected chi connectivity index (χ3v) is 3.68. The van der Waals surface area contributed by atoms with Crippen LogP contribution in [0, 0.1) is 0 Å². The van der Waals surface area contributed by atoms with E-state index in [-0.39, 0.29) is 6.10 Å². The molecule has 0 fully saturated rings. The fourth-order valence-corrected chi connectivity index (χ4v) is 2.67. The number of aromatic amines is 1. The Morgan fingerprint density at radius 3 is 2.81 bits per heavy atom. The first kappa shape index (κ1) is 14.0. The first-order valence-corrected chi connectivity index (χ1v) is 7.50. The van der Waals surface area contributed by atoms with Crippen molar-refractivity contribution in [3.05, 3.63) is 59.2 Å². The molecule has 108 valence electrons. The lowest BCUT2D eigenvalue weighted by atomic mass is 10.1. The summed E-state index contributed by atoms with van der Waals surface area (Å²) in [6, 6.07) is 14.0. The molecular formula is C17H17ClN2O. The van der Waals surface area contributed by atoms with Gasteiger partial charge in [0.2, 0.25) is 0 Å². The van der Waals surface area contributed by atoms with Crippen LogP contribution in [0.1, 0.15) is 31.4 Å². The predicted octanol–water partition coefficient (Wildman–Crippen LogP) is 5.14. The molecule has 0 saturated carbocycles. The Balaban J connectivity index is 1.96. The van der Waals surface area contributed by atoms with E-state index in [1.165, 1.54) is 5.56 Å². The zero-order valence-electron chi connectivity index (χ0n) is 11.8. The maximum atomic E-state index is 6.23. The fourth-order valence-electron chi connectivity index (χ4n) is 2.46. The number of benzene rings is 2. The second-order valence-electron chi connectivity index (χ2n) is 5.03. The van der Waals surface area contributed by atoms with Crippen LogP contribution in [0.15, 0.2) is 48.7 Å². The molecule has 0 spiro atoms. The van der Waals surface area contributed by atoms with Gasteiger partial charge in [-0.2, -0.15) is 5.10 Å². The minimum Gasteiger partial charge on any atom is -0.483 e. The summed E-state index contributed by atoms with van der Waals surface area (Å²) in [5.41, 5.74) is 1.99. The maximum Gasteiger partial charge on any atom is 0.149 e. The average molecular weight is 301 g/mol. The number of aromatic nitrogens is 2. The number of fused-ring (bicyclic) bond motifs is 1. The molecular weight excluding hydrogens is 284 g/mol. The second-order valence-corrected chi connectivity index (χ2v) is 5.47. The van der Waals surface area contributed by atoms with Crippen LogP contribution in [0.5, 0.6) is 5.75 Å². The van der Waals surface area contributed by atoms with E-state index in [9.17, 15) is 0 Å². The van der Waals surface area contributed by atoms with Crippen molar-refractivity contribution in [3.8, 4) is 5.75 Å². The van der Waals surface area contributed by atoms with Gasteiger partial charge in [0, 0.05) is 22.7 Å². The summed E-state index contributed by atoms with van der Waals surface area (Å²) < 4.78 is 6.23. The first-order chi connectivity index (χ1) is 10.3. The predicted molar refractivity (Wildman–Crippen MR) is 85.8 cm³/mol. The quantitative estimate of drug-likeness (QED) is 0.708. The first-order valence-electron chi connectivity index (χ1n) is 7.12. The number of nitrogens with one attached hydrogen (secondary N) is 1. The van der Waals surface area contributed by atoms with E-state index in [0.717, 1.165) is 29.5 Å². The molecule has 0 amide bonds. The van der Waals surface area contributed by atoms with Crippen LogP contribution in [0.25, 0.3) is 10.9 Å². The second kappa shape index (κ2) is 6.19. The van der Waals surface area contributed by atoms with E-state index >= 15 is 0 Å². The van der Waals surface area contributed by atoms with Gasteiger partial charge in [-0.3, -0.25) is 5.10 Å². The maximum absolute atomic E-state index is 6.23. The Kier molecular flexibility index (Phi) is 4.11. The smallest absolute Gasteiger partial charge is 0.149 e. The normalized spacial score (nSPS) is 12.5. The molecule has 2 aromatic carbocycles. The number of rotatable bonds is 5. The Bertz CT molecular complexity index is 724. The molecule has 3 aromatic rings. The largest absolute Gasteiger partial charge is 0.483 e. The SMILES string of the molecule is CCC[C@@H](Oc1cc(Cl)cc2c[nH]nc12)c1ccccc1. The lowest BCUT2D eigenvalue weighted by molar-refractivity contribution is 0.196. The van der Waals surface area contributed by atoms with Crippen molar-refractivity contribution >= 4 is 22.5 Å². The molecule has 3 rings (SSSR count). The Morgan fingerprint density at radius 1 is 1.24 bits per heavy atom.